The van der Waals surface area contributed by atoms with Gasteiger partial charge in [-0.3, -0.25) is 9.89 Å². The van der Waals surface area contributed by atoms with Crippen molar-refractivity contribution in [2.75, 3.05) is 11.9 Å². The Labute approximate surface area is 127 Å². The summed E-state index contributed by atoms with van der Waals surface area (Å²) in [5.74, 6) is -0.463. The van der Waals surface area contributed by atoms with Crippen molar-refractivity contribution in [3.8, 4) is 11.3 Å². The van der Waals surface area contributed by atoms with E-state index < -0.39 is 0 Å². The average molecular weight is 299 g/mol. The fourth-order valence-corrected chi connectivity index (χ4v) is 2.78. The fourth-order valence-electron chi connectivity index (χ4n) is 2.78. The lowest BCUT2D eigenvalue weighted by atomic mass is 9.88. The number of carbonyl (C=O) groups excluding carboxylic acids is 2. The minimum absolute atomic E-state index is 0.0965. The van der Waals surface area contributed by atoms with Crippen molar-refractivity contribution in [2.24, 2.45) is 0 Å². The molecule has 0 spiro atoms. The minimum atomic E-state index is -0.366. The predicted octanol–water partition coefficient (Wildman–Crippen LogP) is 2.31. The second-order valence-electron chi connectivity index (χ2n) is 5.20. The SMILES string of the molecule is CCOC(=O)c1[nH]nc2c1CCc1cc(NC(C)=O)ccc1-2. The second kappa shape index (κ2) is 5.63. The highest BCUT2D eigenvalue weighted by Gasteiger charge is 2.26. The lowest BCUT2D eigenvalue weighted by Gasteiger charge is -2.17. The van der Waals surface area contributed by atoms with Crippen LogP contribution >= 0.6 is 0 Å². The maximum atomic E-state index is 11.9. The van der Waals surface area contributed by atoms with Gasteiger partial charge in [0.15, 0.2) is 0 Å². The predicted molar refractivity (Wildman–Crippen MR) is 81.7 cm³/mol. The molecule has 114 valence electrons. The molecule has 0 radical (unpaired) electrons. The summed E-state index contributed by atoms with van der Waals surface area (Å²) in [5.41, 5.74) is 5.00. The number of aromatic amines is 1. The van der Waals surface area contributed by atoms with Crippen molar-refractivity contribution in [1.82, 2.24) is 10.2 Å². The topological polar surface area (TPSA) is 84.1 Å². The molecule has 0 saturated heterocycles. The normalized spacial score (nSPS) is 12.3. The summed E-state index contributed by atoms with van der Waals surface area (Å²) in [6.07, 6.45) is 1.51. The first-order valence-electron chi connectivity index (χ1n) is 7.25. The molecule has 2 aromatic rings. The number of hydrogen-bond acceptors (Lipinski definition) is 4. The van der Waals surface area contributed by atoms with Crippen molar-refractivity contribution in [2.45, 2.75) is 26.7 Å². The second-order valence-corrected chi connectivity index (χ2v) is 5.20. The van der Waals surface area contributed by atoms with E-state index in [1.807, 2.05) is 18.2 Å². The summed E-state index contributed by atoms with van der Waals surface area (Å²) in [6.45, 7) is 3.60. The van der Waals surface area contributed by atoms with E-state index in [1.165, 1.54) is 6.92 Å². The number of carbonyl (C=O) groups is 2. The number of H-pyrrole nitrogens is 1. The van der Waals surface area contributed by atoms with Gasteiger partial charge in [-0.25, -0.2) is 4.79 Å². The van der Waals surface area contributed by atoms with Crippen molar-refractivity contribution in [1.29, 1.82) is 0 Å². The van der Waals surface area contributed by atoms with Gasteiger partial charge in [0.2, 0.25) is 5.91 Å². The number of aryl methyl sites for hydroxylation is 1. The molecular formula is C16H17N3O3. The highest BCUT2D eigenvalue weighted by Crippen LogP contribution is 2.35. The molecular weight excluding hydrogens is 282 g/mol. The number of ether oxygens (including phenoxy) is 1. The van der Waals surface area contributed by atoms with Crippen molar-refractivity contribution in [3.05, 3.63) is 35.0 Å². The Morgan fingerprint density at radius 1 is 1.36 bits per heavy atom. The van der Waals surface area contributed by atoms with Gasteiger partial charge in [0, 0.05) is 23.7 Å². The largest absolute Gasteiger partial charge is 0.461 e. The molecule has 0 saturated carbocycles. The van der Waals surface area contributed by atoms with Crippen LogP contribution in [0.2, 0.25) is 0 Å². The highest BCUT2D eigenvalue weighted by atomic mass is 16.5. The van der Waals surface area contributed by atoms with E-state index in [2.05, 4.69) is 15.5 Å². The molecule has 2 N–H and O–H groups in total. The van der Waals surface area contributed by atoms with Crippen molar-refractivity contribution < 1.29 is 14.3 Å². The molecule has 6 heteroatoms. The first-order chi connectivity index (χ1) is 10.6. The van der Waals surface area contributed by atoms with E-state index >= 15 is 0 Å². The average Bonchev–Trinajstić information content (AvgIpc) is 2.90. The van der Waals surface area contributed by atoms with E-state index in [4.69, 9.17) is 4.74 Å². The van der Waals surface area contributed by atoms with E-state index in [1.54, 1.807) is 6.92 Å². The maximum Gasteiger partial charge on any atom is 0.356 e. The number of fused-ring (bicyclic) bond motifs is 3. The van der Waals surface area contributed by atoms with E-state index in [0.717, 1.165) is 40.9 Å². The summed E-state index contributed by atoms with van der Waals surface area (Å²) >= 11 is 0. The number of nitrogens with zero attached hydrogens (tertiary/aromatic N) is 1. The Balaban J connectivity index is 1.97. The van der Waals surface area contributed by atoms with Gasteiger partial charge >= 0.3 is 5.97 Å². The molecule has 6 nitrogen and oxygen atoms in total. The van der Waals surface area contributed by atoms with E-state index in [9.17, 15) is 9.59 Å². The van der Waals surface area contributed by atoms with Gasteiger partial charge in [-0.15, -0.1) is 0 Å². The fraction of sp³-hybridized carbons (Fsp3) is 0.312. The number of nitrogens with one attached hydrogen (secondary N) is 2. The number of esters is 1. The first kappa shape index (κ1) is 14.3. The third-order valence-corrected chi connectivity index (χ3v) is 3.67. The van der Waals surface area contributed by atoms with Gasteiger partial charge in [0.1, 0.15) is 5.69 Å². The summed E-state index contributed by atoms with van der Waals surface area (Å²) in [5, 5.41) is 9.85. The number of anilines is 1. The van der Waals surface area contributed by atoms with Crippen LogP contribution in [0.5, 0.6) is 0 Å². The van der Waals surface area contributed by atoms with E-state index in [-0.39, 0.29) is 11.9 Å². The maximum absolute atomic E-state index is 11.9. The van der Waals surface area contributed by atoms with Crippen LogP contribution in [-0.2, 0) is 22.4 Å². The number of aromatic nitrogens is 2. The Morgan fingerprint density at radius 2 is 2.18 bits per heavy atom. The summed E-state index contributed by atoms with van der Waals surface area (Å²) in [4.78, 5) is 23.1. The molecule has 1 amide bonds. The smallest absolute Gasteiger partial charge is 0.356 e. The quantitative estimate of drug-likeness (QED) is 0.852. The molecule has 1 aromatic carbocycles. The number of rotatable bonds is 3. The summed E-state index contributed by atoms with van der Waals surface area (Å²) < 4.78 is 5.05. The van der Waals surface area contributed by atoms with Gasteiger partial charge in [-0.2, -0.15) is 5.10 Å². The molecule has 0 aliphatic heterocycles. The molecule has 1 aliphatic rings. The molecule has 3 rings (SSSR count). The third kappa shape index (κ3) is 2.47. The highest BCUT2D eigenvalue weighted by molar-refractivity contribution is 5.93. The van der Waals surface area contributed by atoms with Crippen LogP contribution in [0.25, 0.3) is 11.3 Å². The van der Waals surface area contributed by atoms with Crippen LogP contribution in [0.15, 0.2) is 18.2 Å². The van der Waals surface area contributed by atoms with Crippen LogP contribution in [-0.4, -0.2) is 28.7 Å². The van der Waals surface area contributed by atoms with E-state index in [0.29, 0.717) is 12.3 Å². The zero-order valence-electron chi connectivity index (χ0n) is 12.5. The molecule has 0 bridgehead atoms. The van der Waals surface area contributed by atoms with Crippen LogP contribution in [0, 0.1) is 0 Å². The molecule has 1 aliphatic carbocycles. The van der Waals surface area contributed by atoms with Crippen LogP contribution in [0.3, 0.4) is 0 Å². The zero-order valence-corrected chi connectivity index (χ0v) is 12.5. The van der Waals surface area contributed by atoms with Gasteiger partial charge in [0.25, 0.3) is 0 Å². The lowest BCUT2D eigenvalue weighted by molar-refractivity contribution is -0.114. The molecule has 0 unspecified atom stereocenters. The standard InChI is InChI=1S/C16H17N3O3/c1-3-22-16(21)15-13-6-4-10-8-11(17-9(2)20)5-7-12(10)14(13)18-19-15/h5,7-8H,3-4,6H2,1-2H3,(H,17,20)(H,18,19). The summed E-state index contributed by atoms with van der Waals surface area (Å²) in [7, 11) is 0. The summed E-state index contributed by atoms with van der Waals surface area (Å²) in [6, 6.07) is 5.72. The van der Waals surface area contributed by atoms with Crippen molar-refractivity contribution in [3.63, 3.8) is 0 Å². The monoisotopic (exact) mass is 299 g/mol. The zero-order chi connectivity index (χ0) is 15.7. The van der Waals surface area contributed by atoms with Crippen LogP contribution in [0.1, 0.15) is 35.5 Å². The van der Waals surface area contributed by atoms with Gasteiger partial charge < -0.3 is 10.1 Å². The first-order valence-corrected chi connectivity index (χ1v) is 7.25. The molecule has 0 fully saturated rings. The molecule has 0 atom stereocenters. The van der Waals surface area contributed by atoms with Crippen molar-refractivity contribution >= 4 is 17.6 Å². The van der Waals surface area contributed by atoms with Gasteiger partial charge in [0.05, 0.1) is 12.3 Å². The third-order valence-electron chi connectivity index (χ3n) is 3.67. The molecule has 1 aromatic heterocycles. The lowest BCUT2D eigenvalue weighted by Crippen LogP contribution is -2.11. The Bertz CT molecular complexity index is 749. The Kier molecular flexibility index (Phi) is 3.66. The number of hydrogen-bond donors (Lipinski definition) is 2. The van der Waals surface area contributed by atoms with Crippen LogP contribution in [0.4, 0.5) is 5.69 Å². The van der Waals surface area contributed by atoms with Gasteiger partial charge in [-0.05, 0) is 37.5 Å². The number of benzene rings is 1. The Morgan fingerprint density at radius 3 is 2.91 bits per heavy atom. The van der Waals surface area contributed by atoms with Gasteiger partial charge in [-0.1, -0.05) is 6.07 Å². The molecule has 22 heavy (non-hydrogen) atoms. The minimum Gasteiger partial charge on any atom is -0.461 e. The molecule has 1 heterocycles. The van der Waals surface area contributed by atoms with Crippen LogP contribution < -0.4 is 5.32 Å². The Hall–Kier alpha value is -2.63. The number of amides is 1.